The van der Waals surface area contributed by atoms with Gasteiger partial charge in [-0.2, -0.15) is 0 Å². The zero-order valence-electron chi connectivity index (χ0n) is 10.5. The van der Waals surface area contributed by atoms with Crippen LogP contribution in [0.2, 0.25) is 0 Å². The number of nitrogens with one attached hydrogen (secondary N) is 2. The van der Waals surface area contributed by atoms with Crippen LogP contribution in [-0.2, 0) is 9.53 Å². The highest BCUT2D eigenvalue weighted by Crippen LogP contribution is 2.20. The number of carbonyl (C=O) groups excluding carboxylic acids is 1. The van der Waals surface area contributed by atoms with Gasteiger partial charge in [-0.1, -0.05) is 6.07 Å². The summed E-state index contributed by atoms with van der Waals surface area (Å²) in [6.07, 6.45) is 0.281. The number of amides is 2. The molecule has 104 valence electrons. The topological polar surface area (TPSA) is 87.7 Å². The molecule has 1 fully saturated rings. The van der Waals surface area contributed by atoms with E-state index in [1.165, 1.54) is 11.3 Å². The summed E-state index contributed by atoms with van der Waals surface area (Å²) in [4.78, 5) is 24.1. The van der Waals surface area contributed by atoms with E-state index in [-0.39, 0.29) is 19.1 Å². The standard InChI is InChI=1S/C12H16N2O4S/c1-8(9-3-2-6-19-9)13-11(17)14-12(10(15)16)4-5-18-7-12/h2-3,6,8H,4-5,7H2,1H3,(H,15,16)(H2,13,14,17). The normalized spacial score (nSPS) is 23.8. The Morgan fingerprint density at radius 3 is 2.89 bits per heavy atom. The van der Waals surface area contributed by atoms with Crippen molar-refractivity contribution in [3.05, 3.63) is 22.4 Å². The van der Waals surface area contributed by atoms with Crippen LogP contribution in [0.1, 0.15) is 24.3 Å². The van der Waals surface area contributed by atoms with E-state index in [0.717, 1.165) is 4.88 Å². The highest BCUT2D eigenvalue weighted by molar-refractivity contribution is 7.10. The lowest BCUT2D eigenvalue weighted by atomic mass is 9.99. The van der Waals surface area contributed by atoms with Crippen LogP contribution in [0.3, 0.4) is 0 Å². The van der Waals surface area contributed by atoms with E-state index in [2.05, 4.69) is 10.6 Å². The van der Waals surface area contributed by atoms with Crippen molar-refractivity contribution < 1.29 is 19.4 Å². The lowest BCUT2D eigenvalue weighted by Crippen LogP contribution is -2.57. The summed E-state index contributed by atoms with van der Waals surface area (Å²) in [6, 6.07) is 3.17. The van der Waals surface area contributed by atoms with Crippen molar-refractivity contribution in [1.29, 1.82) is 0 Å². The molecular weight excluding hydrogens is 268 g/mol. The molecule has 2 atom stereocenters. The predicted octanol–water partition coefficient (Wildman–Crippen LogP) is 1.35. The number of ether oxygens (including phenoxy) is 1. The fourth-order valence-corrected chi connectivity index (χ4v) is 2.68. The van der Waals surface area contributed by atoms with Crippen LogP contribution in [0.25, 0.3) is 0 Å². The third-order valence-corrected chi connectivity index (χ3v) is 4.16. The van der Waals surface area contributed by atoms with Gasteiger partial charge in [0.25, 0.3) is 0 Å². The predicted molar refractivity (Wildman–Crippen MR) is 70.2 cm³/mol. The molecule has 1 aromatic heterocycles. The highest BCUT2D eigenvalue weighted by Gasteiger charge is 2.44. The van der Waals surface area contributed by atoms with Gasteiger partial charge in [0.05, 0.1) is 12.6 Å². The third kappa shape index (κ3) is 3.05. The Kier molecular flexibility index (Phi) is 4.06. The second kappa shape index (κ2) is 5.58. The molecule has 2 rings (SSSR count). The van der Waals surface area contributed by atoms with Gasteiger partial charge in [0.15, 0.2) is 5.54 Å². The maximum atomic E-state index is 11.9. The molecule has 2 unspecified atom stereocenters. The average molecular weight is 284 g/mol. The number of carboxylic acids is 1. The zero-order valence-corrected chi connectivity index (χ0v) is 11.3. The number of rotatable bonds is 4. The summed E-state index contributed by atoms with van der Waals surface area (Å²) in [5, 5.41) is 16.4. The molecule has 1 aliphatic heterocycles. The number of aliphatic carboxylic acids is 1. The molecule has 0 saturated carbocycles. The van der Waals surface area contributed by atoms with Crippen LogP contribution in [0.15, 0.2) is 17.5 Å². The van der Waals surface area contributed by atoms with E-state index in [4.69, 9.17) is 4.74 Å². The maximum Gasteiger partial charge on any atom is 0.332 e. The monoisotopic (exact) mass is 284 g/mol. The van der Waals surface area contributed by atoms with Gasteiger partial charge in [0, 0.05) is 17.9 Å². The van der Waals surface area contributed by atoms with Gasteiger partial charge >= 0.3 is 12.0 Å². The van der Waals surface area contributed by atoms with Gasteiger partial charge in [0.1, 0.15) is 0 Å². The maximum absolute atomic E-state index is 11.9. The number of hydrogen-bond acceptors (Lipinski definition) is 4. The first-order valence-electron chi connectivity index (χ1n) is 5.97. The lowest BCUT2D eigenvalue weighted by molar-refractivity contribution is -0.144. The molecule has 1 aliphatic rings. The summed E-state index contributed by atoms with van der Waals surface area (Å²) in [6.45, 7) is 2.19. The van der Waals surface area contributed by atoms with Crippen LogP contribution < -0.4 is 10.6 Å². The van der Waals surface area contributed by atoms with Crippen molar-refractivity contribution in [2.75, 3.05) is 13.2 Å². The van der Waals surface area contributed by atoms with Crippen molar-refractivity contribution in [1.82, 2.24) is 10.6 Å². The Balaban J connectivity index is 1.95. The second-order valence-electron chi connectivity index (χ2n) is 4.53. The lowest BCUT2D eigenvalue weighted by Gasteiger charge is -2.25. The first-order chi connectivity index (χ1) is 9.03. The number of hydrogen-bond donors (Lipinski definition) is 3. The van der Waals surface area contributed by atoms with Gasteiger partial charge in [-0.3, -0.25) is 0 Å². The van der Waals surface area contributed by atoms with E-state index < -0.39 is 17.5 Å². The molecule has 2 amide bonds. The minimum atomic E-state index is -1.31. The Morgan fingerprint density at radius 2 is 2.37 bits per heavy atom. The smallest absolute Gasteiger partial charge is 0.332 e. The highest BCUT2D eigenvalue weighted by atomic mass is 32.1. The molecule has 19 heavy (non-hydrogen) atoms. The van der Waals surface area contributed by atoms with Crippen molar-refractivity contribution in [3.8, 4) is 0 Å². The van der Waals surface area contributed by atoms with Crippen LogP contribution in [-0.4, -0.2) is 35.9 Å². The molecular formula is C12H16N2O4S. The van der Waals surface area contributed by atoms with Gasteiger partial charge in [-0.25, -0.2) is 9.59 Å². The minimum absolute atomic E-state index is 0.00311. The van der Waals surface area contributed by atoms with E-state index in [9.17, 15) is 14.7 Å². The zero-order chi connectivity index (χ0) is 13.9. The fraction of sp³-hybridized carbons (Fsp3) is 0.500. The van der Waals surface area contributed by atoms with E-state index in [1.54, 1.807) is 0 Å². The molecule has 0 radical (unpaired) electrons. The van der Waals surface area contributed by atoms with E-state index in [0.29, 0.717) is 6.61 Å². The van der Waals surface area contributed by atoms with Crippen molar-refractivity contribution in [3.63, 3.8) is 0 Å². The molecule has 2 heterocycles. The summed E-state index contributed by atoms with van der Waals surface area (Å²) in [5.41, 5.74) is -1.31. The summed E-state index contributed by atoms with van der Waals surface area (Å²) >= 11 is 1.54. The molecule has 1 aromatic rings. The van der Waals surface area contributed by atoms with Crippen LogP contribution in [0.4, 0.5) is 4.79 Å². The molecule has 0 bridgehead atoms. The SMILES string of the molecule is CC(NC(=O)NC1(C(=O)O)CCOC1)c1cccs1. The average Bonchev–Trinajstić information content (AvgIpc) is 2.99. The van der Waals surface area contributed by atoms with Crippen LogP contribution >= 0.6 is 11.3 Å². The van der Waals surface area contributed by atoms with Crippen molar-refractivity contribution in [2.24, 2.45) is 0 Å². The fourth-order valence-electron chi connectivity index (χ4n) is 1.94. The van der Waals surface area contributed by atoms with Gasteiger partial charge in [-0.05, 0) is 18.4 Å². The van der Waals surface area contributed by atoms with Gasteiger partial charge < -0.3 is 20.5 Å². The van der Waals surface area contributed by atoms with Crippen LogP contribution in [0, 0.1) is 0 Å². The number of thiophene rings is 1. The number of carbonyl (C=O) groups is 2. The molecule has 0 aliphatic carbocycles. The number of urea groups is 1. The summed E-state index contributed by atoms with van der Waals surface area (Å²) in [7, 11) is 0. The first-order valence-corrected chi connectivity index (χ1v) is 6.85. The van der Waals surface area contributed by atoms with Crippen molar-refractivity contribution >= 4 is 23.3 Å². The quantitative estimate of drug-likeness (QED) is 0.779. The molecule has 6 nitrogen and oxygen atoms in total. The Hall–Kier alpha value is -1.60. The molecule has 0 aromatic carbocycles. The van der Waals surface area contributed by atoms with Gasteiger partial charge in [0.2, 0.25) is 0 Å². The number of carboxylic acid groups (broad SMARTS) is 1. The van der Waals surface area contributed by atoms with Crippen molar-refractivity contribution in [2.45, 2.75) is 24.9 Å². The van der Waals surface area contributed by atoms with Gasteiger partial charge in [-0.15, -0.1) is 11.3 Å². The molecule has 7 heteroatoms. The first kappa shape index (κ1) is 13.8. The summed E-state index contributed by atoms with van der Waals surface area (Å²) in [5.74, 6) is -1.07. The minimum Gasteiger partial charge on any atom is -0.479 e. The third-order valence-electron chi connectivity index (χ3n) is 3.10. The van der Waals surface area contributed by atoms with E-state index in [1.807, 2.05) is 24.4 Å². The Labute approximate surface area is 114 Å². The Morgan fingerprint density at radius 1 is 1.58 bits per heavy atom. The molecule has 1 saturated heterocycles. The van der Waals surface area contributed by atoms with Crippen LogP contribution in [0.5, 0.6) is 0 Å². The molecule has 3 N–H and O–H groups in total. The second-order valence-corrected chi connectivity index (χ2v) is 5.50. The Bertz CT molecular complexity index is 454. The van der Waals surface area contributed by atoms with E-state index >= 15 is 0 Å². The summed E-state index contributed by atoms with van der Waals surface area (Å²) < 4.78 is 5.08. The largest absolute Gasteiger partial charge is 0.479 e. The molecule has 0 spiro atoms.